The molecule has 6 heteroatoms. The Hall–Kier alpha value is -2.11. The lowest BCUT2D eigenvalue weighted by atomic mass is 10.0. The van der Waals surface area contributed by atoms with Crippen molar-refractivity contribution in [2.75, 3.05) is 13.2 Å². The molecule has 406 valence electrons. The number of ether oxygens (including phenoxy) is 3. The lowest BCUT2D eigenvalue weighted by Crippen LogP contribution is -2.30. The van der Waals surface area contributed by atoms with Gasteiger partial charge in [0.2, 0.25) is 0 Å². The summed E-state index contributed by atoms with van der Waals surface area (Å²) in [5.41, 5.74) is 0. The Labute approximate surface area is 430 Å². The van der Waals surface area contributed by atoms with E-state index in [1.54, 1.807) is 0 Å². The molecule has 0 N–H and O–H groups in total. The minimum absolute atomic E-state index is 0.0691. The van der Waals surface area contributed by atoms with Crippen LogP contribution in [0.25, 0.3) is 0 Å². The van der Waals surface area contributed by atoms with Crippen molar-refractivity contribution in [3.8, 4) is 0 Å². The van der Waals surface area contributed by atoms with Crippen LogP contribution < -0.4 is 0 Å². The van der Waals surface area contributed by atoms with Crippen molar-refractivity contribution >= 4 is 17.9 Å². The number of carbonyl (C=O) groups is 3. The predicted molar refractivity (Wildman–Crippen MR) is 298 cm³/mol. The van der Waals surface area contributed by atoms with E-state index in [1.165, 1.54) is 238 Å². The molecule has 0 heterocycles. The molecule has 1 unspecified atom stereocenters. The van der Waals surface area contributed by atoms with Crippen molar-refractivity contribution in [3.63, 3.8) is 0 Å². The van der Waals surface area contributed by atoms with Crippen LogP contribution in [0.5, 0.6) is 0 Å². The van der Waals surface area contributed by atoms with Gasteiger partial charge in [0, 0.05) is 19.3 Å². The normalized spacial score (nSPS) is 12.1. The van der Waals surface area contributed by atoms with E-state index < -0.39 is 6.10 Å². The van der Waals surface area contributed by atoms with Gasteiger partial charge in [-0.25, -0.2) is 0 Å². The summed E-state index contributed by atoms with van der Waals surface area (Å²) in [6.07, 6.45) is 69.0. The third kappa shape index (κ3) is 56.7. The summed E-state index contributed by atoms with van der Waals surface area (Å²) in [5, 5.41) is 0. The number of unbranched alkanes of at least 4 members (excludes halogenated alkanes) is 42. The van der Waals surface area contributed by atoms with E-state index in [2.05, 4.69) is 45.1 Å². The monoisotopic (exact) mass is 971 g/mol. The molecular weight excluding hydrogens is 853 g/mol. The summed E-state index contributed by atoms with van der Waals surface area (Å²) in [6, 6.07) is 0. The molecule has 0 aliphatic carbocycles. The van der Waals surface area contributed by atoms with Gasteiger partial charge in [-0.2, -0.15) is 0 Å². The maximum Gasteiger partial charge on any atom is 0.306 e. The smallest absolute Gasteiger partial charge is 0.306 e. The fourth-order valence-corrected chi connectivity index (χ4v) is 9.25. The second-order valence-electron chi connectivity index (χ2n) is 21.0. The fraction of sp³-hybridized carbons (Fsp3) is 0.889. The minimum atomic E-state index is -0.770. The molecule has 1 atom stereocenters. The van der Waals surface area contributed by atoms with E-state index in [9.17, 15) is 14.4 Å². The Morgan fingerprint density at radius 2 is 0.493 bits per heavy atom. The Morgan fingerprint density at radius 3 is 0.768 bits per heavy atom. The standard InChI is InChI=1S/C63H118O6/c1-4-7-10-13-16-19-22-24-26-27-28-29-30-31-32-33-34-35-37-38-41-44-47-50-53-56-62(65)68-59-60(58-67-61(64)55-52-49-46-43-40-21-18-15-12-9-6-3)69-63(66)57-54-51-48-45-42-39-36-25-23-20-17-14-11-8-5-2/h15,18,27-28,60H,4-14,16-17,19-26,29-59H2,1-3H3/b18-15-,28-27-. The van der Waals surface area contributed by atoms with Gasteiger partial charge in [0.25, 0.3) is 0 Å². The lowest BCUT2D eigenvalue weighted by molar-refractivity contribution is -0.167. The topological polar surface area (TPSA) is 78.9 Å². The van der Waals surface area contributed by atoms with Crippen LogP contribution in [0.3, 0.4) is 0 Å². The Balaban J connectivity index is 4.18. The summed E-state index contributed by atoms with van der Waals surface area (Å²) in [4.78, 5) is 38.1. The summed E-state index contributed by atoms with van der Waals surface area (Å²) in [5.74, 6) is -0.857. The maximum atomic E-state index is 12.8. The molecule has 0 spiro atoms. The SMILES string of the molecule is CCCC/C=C\CCCCCCCC(=O)OCC(COC(=O)CCCCCCCCCCCCCCC/C=C\CCCCCCCCCC)OC(=O)CCCCCCCCCCCCCCCCC. The van der Waals surface area contributed by atoms with Crippen molar-refractivity contribution < 1.29 is 28.6 Å². The largest absolute Gasteiger partial charge is 0.462 e. The van der Waals surface area contributed by atoms with E-state index in [1.807, 2.05) is 0 Å². The van der Waals surface area contributed by atoms with Gasteiger partial charge in [-0.15, -0.1) is 0 Å². The van der Waals surface area contributed by atoms with Gasteiger partial charge in [0.05, 0.1) is 0 Å². The van der Waals surface area contributed by atoms with Crippen LogP contribution in [0.2, 0.25) is 0 Å². The zero-order valence-corrected chi connectivity index (χ0v) is 46.6. The average molecular weight is 972 g/mol. The zero-order valence-electron chi connectivity index (χ0n) is 46.6. The first-order valence-electron chi connectivity index (χ1n) is 30.8. The Morgan fingerprint density at radius 1 is 0.275 bits per heavy atom. The number of hydrogen-bond donors (Lipinski definition) is 0. The molecule has 0 saturated carbocycles. The van der Waals surface area contributed by atoms with Crippen LogP contribution in [0, 0.1) is 0 Å². The van der Waals surface area contributed by atoms with Crippen molar-refractivity contribution in [1.29, 1.82) is 0 Å². The molecule has 0 bridgehead atoms. The van der Waals surface area contributed by atoms with Crippen molar-refractivity contribution in [2.24, 2.45) is 0 Å². The Bertz CT molecular complexity index is 1110. The molecule has 0 fully saturated rings. The minimum Gasteiger partial charge on any atom is -0.462 e. The van der Waals surface area contributed by atoms with Crippen LogP contribution in [-0.2, 0) is 28.6 Å². The summed E-state index contributed by atoms with van der Waals surface area (Å²) < 4.78 is 16.9. The highest BCUT2D eigenvalue weighted by Gasteiger charge is 2.19. The van der Waals surface area contributed by atoms with Gasteiger partial charge in [-0.1, -0.05) is 283 Å². The van der Waals surface area contributed by atoms with Gasteiger partial charge in [0.15, 0.2) is 6.10 Å². The van der Waals surface area contributed by atoms with Crippen LogP contribution in [0.4, 0.5) is 0 Å². The molecule has 0 aromatic carbocycles. The van der Waals surface area contributed by atoms with Crippen LogP contribution >= 0.6 is 0 Å². The van der Waals surface area contributed by atoms with Crippen LogP contribution in [0.15, 0.2) is 24.3 Å². The predicted octanol–water partition coefficient (Wildman–Crippen LogP) is 20.7. The molecule has 0 saturated heterocycles. The molecule has 0 amide bonds. The molecule has 6 nitrogen and oxygen atoms in total. The second kappa shape index (κ2) is 58.5. The highest BCUT2D eigenvalue weighted by molar-refractivity contribution is 5.71. The van der Waals surface area contributed by atoms with Gasteiger partial charge < -0.3 is 14.2 Å². The molecule has 0 aromatic rings. The first kappa shape index (κ1) is 66.9. The van der Waals surface area contributed by atoms with E-state index >= 15 is 0 Å². The number of esters is 3. The van der Waals surface area contributed by atoms with Crippen molar-refractivity contribution in [3.05, 3.63) is 24.3 Å². The number of hydrogen-bond acceptors (Lipinski definition) is 6. The van der Waals surface area contributed by atoms with Crippen LogP contribution in [-0.4, -0.2) is 37.2 Å². The third-order valence-electron chi connectivity index (χ3n) is 13.9. The molecule has 0 radical (unpaired) electrons. The molecule has 0 aliphatic heterocycles. The first-order chi connectivity index (χ1) is 34.0. The summed E-state index contributed by atoms with van der Waals surface area (Å²) in [7, 11) is 0. The third-order valence-corrected chi connectivity index (χ3v) is 13.9. The van der Waals surface area contributed by atoms with E-state index in [-0.39, 0.29) is 31.1 Å². The highest BCUT2D eigenvalue weighted by Crippen LogP contribution is 2.17. The van der Waals surface area contributed by atoms with Crippen molar-refractivity contribution in [2.45, 2.75) is 348 Å². The van der Waals surface area contributed by atoms with Gasteiger partial charge in [0.1, 0.15) is 13.2 Å². The second-order valence-corrected chi connectivity index (χ2v) is 21.0. The lowest BCUT2D eigenvalue weighted by Gasteiger charge is -2.18. The summed E-state index contributed by atoms with van der Waals surface area (Å²) >= 11 is 0. The van der Waals surface area contributed by atoms with Gasteiger partial charge in [-0.05, 0) is 64.2 Å². The molecule has 0 aliphatic rings. The summed E-state index contributed by atoms with van der Waals surface area (Å²) in [6.45, 7) is 6.65. The zero-order chi connectivity index (χ0) is 50.0. The van der Waals surface area contributed by atoms with E-state index in [4.69, 9.17) is 14.2 Å². The Kier molecular flexibility index (Phi) is 56.7. The van der Waals surface area contributed by atoms with Gasteiger partial charge in [-0.3, -0.25) is 14.4 Å². The molecule has 0 aromatic heterocycles. The van der Waals surface area contributed by atoms with E-state index in [0.717, 1.165) is 64.2 Å². The maximum absolute atomic E-state index is 12.8. The first-order valence-corrected chi connectivity index (χ1v) is 30.8. The quantitative estimate of drug-likeness (QED) is 0.0261. The van der Waals surface area contributed by atoms with Crippen LogP contribution in [0.1, 0.15) is 342 Å². The van der Waals surface area contributed by atoms with Gasteiger partial charge >= 0.3 is 17.9 Å². The number of rotatable bonds is 57. The highest BCUT2D eigenvalue weighted by atomic mass is 16.6. The number of carbonyl (C=O) groups excluding carboxylic acids is 3. The average Bonchev–Trinajstić information content (AvgIpc) is 3.35. The molecule has 0 rings (SSSR count). The molecular formula is C63H118O6. The fourth-order valence-electron chi connectivity index (χ4n) is 9.25. The van der Waals surface area contributed by atoms with Crippen molar-refractivity contribution in [1.82, 2.24) is 0 Å². The number of allylic oxidation sites excluding steroid dienone is 4. The molecule has 69 heavy (non-hydrogen) atoms. The van der Waals surface area contributed by atoms with E-state index in [0.29, 0.717) is 19.3 Å².